The summed E-state index contributed by atoms with van der Waals surface area (Å²) in [5, 5.41) is 10.1. The fourth-order valence-corrected chi connectivity index (χ4v) is 3.99. The summed E-state index contributed by atoms with van der Waals surface area (Å²) in [5.41, 5.74) is 5.57. The molecule has 0 radical (unpaired) electrons. The van der Waals surface area contributed by atoms with E-state index < -0.39 is 0 Å². The quantitative estimate of drug-likeness (QED) is 0.594. The number of carbonyl (C=O) groups is 1. The molecule has 1 fully saturated rings. The number of nitrogens with zero attached hydrogens (tertiary/aromatic N) is 1. The number of aryl methyl sites for hydroxylation is 2. The van der Waals surface area contributed by atoms with E-state index in [1.54, 1.807) is 6.07 Å². The summed E-state index contributed by atoms with van der Waals surface area (Å²) in [6.07, 6.45) is 0.779. The van der Waals surface area contributed by atoms with Gasteiger partial charge in [-0.25, -0.2) is 4.79 Å². The van der Waals surface area contributed by atoms with Gasteiger partial charge in [-0.3, -0.25) is 4.90 Å². The van der Waals surface area contributed by atoms with Gasteiger partial charge >= 0.3 is 5.97 Å². The lowest BCUT2D eigenvalue weighted by Crippen LogP contribution is -2.38. The molecule has 3 rings (SSSR count). The minimum absolute atomic E-state index is 0.100. The van der Waals surface area contributed by atoms with Crippen LogP contribution in [-0.2, 0) is 20.7 Å². The van der Waals surface area contributed by atoms with Crippen LogP contribution in [0.4, 0.5) is 0 Å². The van der Waals surface area contributed by atoms with Crippen molar-refractivity contribution in [2.24, 2.45) is 0 Å². The molecule has 2 aromatic carbocycles. The highest BCUT2D eigenvalue weighted by molar-refractivity contribution is 5.71. The highest BCUT2D eigenvalue weighted by atomic mass is 16.6. The summed E-state index contributed by atoms with van der Waals surface area (Å²) in [6, 6.07) is 9.76. The van der Waals surface area contributed by atoms with Gasteiger partial charge in [-0.05, 0) is 72.2 Å². The first-order valence-corrected chi connectivity index (χ1v) is 11.3. The average Bonchev–Trinajstić information content (AvgIpc) is 2.76. The predicted octanol–water partition coefficient (Wildman–Crippen LogP) is 3.98. The highest BCUT2D eigenvalue weighted by Gasteiger charge is 2.13. The molecule has 1 aliphatic heterocycles. The van der Waals surface area contributed by atoms with E-state index in [1.165, 1.54) is 5.56 Å². The van der Waals surface area contributed by atoms with Crippen LogP contribution in [-0.4, -0.2) is 62.0 Å². The SMILES string of the molecule is Cc1cc(OCC(=O)OCCN2CCOCC2)cc(C)c1Cc1ccc(O)c(C(C)C)c1. The van der Waals surface area contributed by atoms with Gasteiger partial charge in [0.2, 0.25) is 0 Å². The van der Waals surface area contributed by atoms with Crippen LogP contribution in [0.2, 0.25) is 0 Å². The van der Waals surface area contributed by atoms with E-state index in [0.29, 0.717) is 18.1 Å². The molecule has 0 spiro atoms. The van der Waals surface area contributed by atoms with E-state index in [0.717, 1.165) is 61.5 Å². The van der Waals surface area contributed by atoms with Gasteiger partial charge in [-0.2, -0.15) is 0 Å². The monoisotopic (exact) mass is 441 g/mol. The maximum Gasteiger partial charge on any atom is 0.344 e. The van der Waals surface area contributed by atoms with Gasteiger partial charge < -0.3 is 19.3 Å². The third-order valence-electron chi connectivity index (χ3n) is 5.90. The molecule has 6 heteroatoms. The van der Waals surface area contributed by atoms with Crippen molar-refractivity contribution in [2.45, 2.75) is 40.0 Å². The minimum Gasteiger partial charge on any atom is -0.508 e. The van der Waals surface area contributed by atoms with E-state index in [2.05, 4.69) is 38.7 Å². The molecule has 6 nitrogen and oxygen atoms in total. The lowest BCUT2D eigenvalue weighted by Gasteiger charge is -2.26. The van der Waals surface area contributed by atoms with E-state index in [9.17, 15) is 9.90 Å². The van der Waals surface area contributed by atoms with Crippen molar-refractivity contribution in [1.29, 1.82) is 0 Å². The molecule has 1 saturated heterocycles. The summed E-state index contributed by atoms with van der Waals surface area (Å²) < 4.78 is 16.3. The van der Waals surface area contributed by atoms with Gasteiger partial charge in [-0.15, -0.1) is 0 Å². The zero-order chi connectivity index (χ0) is 23.1. The number of hydrogen-bond donors (Lipinski definition) is 1. The first-order valence-electron chi connectivity index (χ1n) is 11.3. The molecule has 0 amide bonds. The zero-order valence-electron chi connectivity index (χ0n) is 19.6. The Hall–Kier alpha value is -2.57. The Morgan fingerprint density at radius 1 is 1.12 bits per heavy atom. The molecule has 0 unspecified atom stereocenters. The van der Waals surface area contributed by atoms with Crippen LogP contribution in [0, 0.1) is 13.8 Å². The third kappa shape index (κ3) is 6.71. The molecule has 0 aromatic heterocycles. The Morgan fingerprint density at radius 2 is 1.81 bits per heavy atom. The average molecular weight is 442 g/mol. The van der Waals surface area contributed by atoms with Gasteiger partial charge in [-0.1, -0.05) is 26.0 Å². The molecule has 0 aliphatic carbocycles. The highest BCUT2D eigenvalue weighted by Crippen LogP contribution is 2.29. The maximum atomic E-state index is 12.0. The first kappa shape index (κ1) is 24.1. The number of phenols is 1. The Bertz CT molecular complexity index is 895. The number of hydrogen-bond acceptors (Lipinski definition) is 6. The second kappa shape index (κ2) is 11.3. The molecule has 0 bridgehead atoms. The van der Waals surface area contributed by atoms with Gasteiger partial charge in [0, 0.05) is 19.6 Å². The summed E-state index contributed by atoms with van der Waals surface area (Å²) >= 11 is 0. The molecular weight excluding hydrogens is 406 g/mol. The van der Waals surface area contributed by atoms with Gasteiger partial charge in [0.25, 0.3) is 0 Å². The topological polar surface area (TPSA) is 68.2 Å². The van der Waals surface area contributed by atoms with Crippen molar-refractivity contribution in [3.8, 4) is 11.5 Å². The standard InChI is InChI=1S/C26H35NO5/c1-18(2)23-15-21(5-6-25(23)28)16-24-19(3)13-22(14-20(24)4)32-17-26(29)31-12-9-27-7-10-30-11-8-27/h5-6,13-15,18,28H,7-12,16-17H2,1-4H3. The van der Waals surface area contributed by atoms with Crippen LogP contribution < -0.4 is 4.74 Å². The molecule has 32 heavy (non-hydrogen) atoms. The van der Waals surface area contributed by atoms with E-state index in [4.69, 9.17) is 14.2 Å². The second-order valence-corrected chi connectivity index (χ2v) is 8.72. The van der Waals surface area contributed by atoms with Crippen molar-refractivity contribution in [2.75, 3.05) is 46.1 Å². The number of esters is 1. The number of rotatable bonds is 9. The first-order chi connectivity index (χ1) is 15.3. The number of carbonyl (C=O) groups excluding carboxylic acids is 1. The van der Waals surface area contributed by atoms with E-state index in [1.807, 2.05) is 18.2 Å². The number of aromatic hydroxyl groups is 1. The summed E-state index contributed by atoms with van der Waals surface area (Å²) in [7, 11) is 0. The summed E-state index contributed by atoms with van der Waals surface area (Å²) in [6.45, 7) is 12.5. The van der Waals surface area contributed by atoms with Crippen molar-refractivity contribution in [1.82, 2.24) is 4.90 Å². The Balaban J connectivity index is 1.53. The molecule has 1 N–H and O–H groups in total. The Labute approximate surface area is 191 Å². The third-order valence-corrected chi connectivity index (χ3v) is 5.90. The number of morpholine rings is 1. The molecule has 1 aliphatic rings. The van der Waals surface area contributed by atoms with Gasteiger partial charge in [0.1, 0.15) is 18.1 Å². The molecule has 0 atom stereocenters. The summed E-state index contributed by atoms with van der Waals surface area (Å²) in [5.74, 6) is 0.921. The smallest absolute Gasteiger partial charge is 0.344 e. The number of phenolic OH excluding ortho intramolecular Hbond substituents is 1. The van der Waals surface area contributed by atoms with Crippen LogP contribution in [0.5, 0.6) is 11.5 Å². The predicted molar refractivity (Wildman–Crippen MR) is 125 cm³/mol. The normalized spacial score (nSPS) is 14.5. The van der Waals surface area contributed by atoms with Gasteiger partial charge in [0.15, 0.2) is 6.61 Å². The second-order valence-electron chi connectivity index (χ2n) is 8.72. The van der Waals surface area contributed by atoms with Crippen LogP contribution >= 0.6 is 0 Å². The Morgan fingerprint density at radius 3 is 2.47 bits per heavy atom. The van der Waals surface area contributed by atoms with Gasteiger partial charge in [0.05, 0.1) is 13.2 Å². The lowest BCUT2D eigenvalue weighted by atomic mass is 9.93. The van der Waals surface area contributed by atoms with Crippen LogP contribution in [0.15, 0.2) is 30.3 Å². The largest absolute Gasteiger partial charge is 0.508 e. The van der Waals surface area contributed by atoms with Crippen LogP contribution in [0.3, 0.4) is 0 Å². The van der Waals surface area contributed by atoms with Crippen molar-refractivity contribution >= 4 is 5.97 Å². The van der Waals surface area contributed by atoms with Crippen molar-refractivity contribution < 1.29 is 24.1 Å². The molecule has 174 valence electrons. The molecular formula is C26H35NO5. The zero-order valence-corrected chi connectivity index (χ0v) is 19.6. The minimum atomic E-state index is -0.358. The van der Waals surface area contributed by atoms with Crippen molar-refractivity contribution in [3.63, 3.8) is 0 Å². The fourth-order valence-electron chi connectivity index (χ4n) is 3.99. The Kier molecular flexibility index (Phi) is 8.53. The molecule has 2 aromatic rings. The van der Waals surface area contributed by atoms with Crippen LogP contribution in [0.25, 0.3) is 0 Å². The molecule has 1 heterocycles. The fraction of sp³-hybridized carbons (Fsp3) is 0.500. The van der Waals surface area contributed by atoms with Crippen molar-refractivity contribution in [3.05, 3.63) is 58.1 Å². The number of ether oxygens (including phenoxy) is 3. The van der Waals surface area contributed by atoms with E-state index >= 15 is 0 Å². The molecule has 0 saturated carbocycles. The van der Waals surface area contributed by atoms with E-state index in [-0.39, 0.29) is 18.5 Å². The number of benzene rings is 2. The van der Waals surface area contributed by atoms with Crippen LogP contribution in [0.1, 0.15) is 47.6 Å². The maximum absolute atomic E-state index is 12.0. The summed E-state index contributed by atoms with van der Waals surface area (Å²) in [4.78, 5) is 14.3. The lowest BCUT2D eigenvalue weighted by molar-refractivity contribution is -0.146.